The molecule has 0 aliphatic carbocycles. The third-order valence-electron chi connectivity index (χ3n) is 4.30. The van der Waals surface area contributed by atoms with Gasteiger partial charge in [-0.3, -0.25) is 4.98 Å². The van der Waals surface area contributed by atoms with Crippen molar-refractivity contribution in [3.8, 4) is 10.6 Å². The van der Waals surface area contributed by atoms with Crippen LogP contribution in [0.2, 0.25) is 0 Å². The van der Waals surface area contributed by atoms with Gasteiger partial charge in [-0.15, -0.1) is 11.3 Å². The lowest BCUT2D eigenvalue weighted by Gasteiger charge is -2.02. The van der Waals surface area contributed by atoms with Gasteiger partial charge in [0, 0.05) is 25.8 Å². The van der Waals surface area contributed by atoms with Crippen molar-refractivity contribution in [2.75, 3.05) is 12.3 Å². The maximum absolute atomic E-state index is 9.09. The Hall–Kier alpha value is -2.51. The van der Waals surface area contributed by atoms with Gasteiger partial charge in [0.05, 0.1) is 26.3 Å². The molecule has 0 fully saturated rings. The fraction of sp³-hybridized carbons (Fsp3) is 0.278. The summed E-state index contributed by atoms with van der Waals surface area (Å²) in [7, 11) is 1.99. The second-order valence-electron chi connectivity index (χ2n) is 6.10. The zero-order chi connectivity index (χ0) is 17.6. The maximum atomic E-state index is 9.09. The van der Waals surface area contributed by atoms with Gasteiger partial charge in [-0.05, 0) is 31.5 Å². The highest BCUT2D eigenvalue weighted by atomic mass is 32.1. The molecule has 3 N–H and O–H groups in total. The third-order valence-corrected chi connectivity index (χ3v) is 5.45. The number of aromatic nitrogens is 4. The van der Waals surface area contributed by atoms with Crippen molar-refractivity contribution in [1.29, 1.82) is 0 Å². The molecule has 0 saturated heterocycles. The maximum Gasteiger partial charge on any atom is 0.152 e. The largest absolute Gasteiger partial charge is 0.396 e. The Balaban J connectivity index is 1.95. The molecule has 4 heterocycles. The number of nitrogens with zero attached hydrogens (tertiary/aromatic N) is 4. The summed E-state index contributed by atoms with van der Waals surface area (Å²) in [6.07, 6.45) is 1.39. The van der Waals surface area contributed by atoms with Crippen LogP contribution in [-0.4, -0.2) is 31.2 Å². The monoisotopic (exact) mass is 353 g/mol. The number of fused-ring (bicyclic) bond motifs is 3. The van der Waals surface area contributed by atoms with E-state index in [1.807, 2.05) is 38.2 Å². The molecule has 0 aliphatic heterocycles. The highest BCUT2D eigenvalue weighted by molar-refractivity contribution is 7.23. The molecule has 4 aromatic rings. The lowest BCUT2D eigenvalue weighted by Crippen LogP contribution is -1.99. The predicted octanol–water partition coefficient (Wildman–Crippen LogP) is 3.06. The van der Waals surface area contributed by atoms with Crippen molar-refractivity contribution in [3.63, 3.8) is 0 Å². The summed E-state index contributed by atoms with van der Waals surface area (Å²) in [5.74, 6) is 1.35. The van der Waals surface area contributed by atoms with Crippen molar-refractivity contribution in [3.05, 3.63) is 35.8 Å². The molecule has 4 aromatic heterocycles. The van der Waals surface area contributed by atoms with Crippen LogP contribution in [0.25, 0.3) is 31.8 Å². The molecule has 0 saturated carbocycles. The van der Waals surface area contributed by atoms with Crippen molar-refractivity contribution >= 4 is 38.4 Å². The molecule has 0 radical (unpaired) electrons. The topological polar surface area (TPSA) is 89.9 Å². The molecule has 0 unspecified atom stereocenters. The van der Waals surface area contributed by atoms with Crippen LogP contribution in [0.5, 0.6) is 0 Å². The van der Waals surface area contributed by atoms with Crippen molar-refractivity contribution in [2.45, 2.75) is 19.8 Å². The standard InChI is InChI=1S/C18H19N5OS/c1-10-5-3-6-11(20-10)13-9-12-17(25-13)16-15(18(19)21-12)22-14(23(16)2)7-4-8-24/h3,5-6,9,24H,4,7-8H2,1-2H3,(H2,19,21). The number of rotatable bonds is 4. The first-order chi connectivity index (χ1) is 12.1. The number of anilines is 1. The van der Waals surface area contributed by atoms with E-state index < -0.39 is 0 Å². The summed E-state index contributed by atoms with van der Waals surface area (Å²) in [4.78, 5) is 14.9. The number of nitrogens with two attached hydrogens (primary N) is 1. The molecule has 7 heteroatoms. The molecule has 25 heavy (non-hydrogen) atoms. The zero-order valence-electron chi connectivity index (χ0n) is 14.2. The van der Waals surface area contributed by atoms with E-state index in [-0.39, 0.29) is 6.61 Å². The summed E-state index contributed by atoms with van der Waals surface area (Å²) in [6.45, 7) is 2.13. The Bertz CT molecular complexity index is 1080. The summed E-state index contributed by atoms with van der Waals surface area (Å²) >= 11 is 1.66. The summed E-state index contributed by atoms with van der Waals surface area (Å²) in [6, 6.07) is 8.04. The number of nitrogen functional groups attached to an aromatic ring is 1. The van der Waals surface area contributed by atoms with E-state index in [1.165, 1.54) is 0 Å². The van der Waals surface area contributed by atoms with Gasteiger partial charge < -0.3 is 15.4 Å². The van der Waals surface area contributed by atoms with Gasteiger partial charge in [0.2, 0.25) is 0 Å². The lowest BCUT2D eigenvalue weighted by molar-refractivity contribution is 0.287. The van der Waals surface area contributed by atoms with Crippen LogP contribution in [-0.2, 0) is 13.5 Å². The SMILES string of the molecule is Cc1cccc(-c2cc3nc(N)c4nc(CCCO)n(C)c4c3s2)n1. The number of hydrogen-bond acceptors (Lipinski definition) is 6. The molecule has 6 nitrogen and oxygen atoms in total. The van der Waals surface area contributed by atoms with Crippen LogP contribution >= 0.6 is 11.3 Å². The van der Waals surface area contributed by atoms with E-state index >= 15 is 0 Å². The Morgan fingerprint density at radius 2 is 2.08 bits per heavy atom. The van der Waals surface area contributed by atoms with Crippen LogP contribution in [0.4, 0.5) is 5.82 Å². The van der Waals surface area contributed by atoms with Crippen LogP contribution < -0.4 is 5.73 Å². The highest BCUT2D eigenvalue weighted by Crippen LogP contribution is 2.37. The fourth-order valence-corrected chi connectivity index (χ4v) is 4.22. The normalized spacial score (nSPS) is 11.6. The van der Waals surface area contributed by atoms with Gasteiger partial charge in [-0.2, -0.15) is 0 Å². The van der Waals surface area contributed by atoms with Gasteiger partial charge >= 0.3 is 0 Å². The predicted molar refractivity (Wildman–Crippen MR) is 102 cm³/mol. The highest BCUT2D eigenvalue weighted by Gasteiger charge is 2.18. The number of imidazole rings is 1. The summed E-state index contributed by atoms with van der Waals surface area (Å²) in [5.41, 5.74) is 10.7. The van der Waals surface area contributed by atoms with E-state index in [9.17, 15) is 0 Å². The number of thiophene rings is 1. The van der Waals surface area contributed by atoms with Crippen molar-refractivity contribution < 1.29 is 5.11 Å². The van der Waals surface area contributed by atoms with Crippen LogP contribution in [0.1, 0.15) is 17.9 Å². The molecule has 128 valence electrons. The van der Waals surface area contributed by atoms with Gasteiger partial charge in [-0.25, -0.2) is 9.97 Å². The van der Waals surface area contributed by atoms with Gasteiger partial charge in [0.1, 0.15) is 11.3 Å². The van der Waals surface area contributed by atoms with Crippen LogP contribution in [0, 0.1) is 6.92 Å². The van der Waals surface area contributed by atoms with E-state index in [1.54, 1.807) is 11.3 Å². The molecule has 4 rings (SSSR count). The van der Waals surface area contributed by atoms with E-state index in [2.05, 4.69) is 19.5 Å². The van der Waals surface area contributed by atoms with E-state index in [0.717, 1.165) is 43.3 Å². The van der Waals surface area contributed by atoms with Crippen molar-refractivity contribution in [1.82, 2.24) is 19.5 Å². The average Bonchev–Trinajstić information content (AvgIpc) is 3.15. The van der Waals surface area contributed by atoms with Crippen LogP contribution in [0.15, 0.2) is 24.3 Å². The number of aliphatic hydroxyl groups is 1. The van der Waals surface area contributed by atoms with Gasteiger partial charge in [0.25, 0.3) is 0 Å². The molecule has 0 spiro atoms. The third kappa shape index (κ3) is 2.65. The molecule has 0 atom stereocenters. The zero-order valence-corrected chi connectivity index (χ0v) is 15.0. The first-order valence-electron chi connectivity index (χ1n) is 8.17. The van der Waals surface area contributed by atoms with E-state index in [4.69, 9.17) is 10.8 Å². The van der Waals surface area contributed by atoms with Crippen molar-refractivity contribution in [2.24, 2.45) is 7.05 Å². The lowest BCUT2D eigenvalue weighted by atomic mass is 10.2. The average molecular weight is 353 g/mol. The minimum Gasteiger partial charge on any atom is -0.396 e. The minimum absolute atomic E-state index is 0.147. The molecule has 0 aliphatic rings. The Morgan fingerprint density at radius 3 is 2.84 bits per heavy atom. The molecular formula is C18H19N5OS. The van der Waals surface area contributed by atoms with Gasteiger partial charge in [-0.1, -0.05) is 6.07 Å². The first kappa shape index (κ1) is 16.0. The Labute approximate surface area is 149 Å². The smallest absolute Gasteiger partial charge is 0.152 e. The molecule has 0 aromatic carbocycles. The van der Waals surface area contributed by atoms with E-state index in [0.29, 0.717) is 18.7 Å². The molecule has 0 bridgehead atoms. The number of hydrogen-bond donors (Lipinski definition) is 2. The van der Waals surface area contributed by atoms with Gasteiger partial charge in [0.15, 0.2) is 5.82 Å². The minimum atomic E-state index is 0.147. The molecule has 0 amide bonds. The Morgan fingerprint density at radius 1 is 1.24 bits per heavy atom. The summed E-state index contributed by atoms with van der Waals surface area (Å²) < 4.78 is 3.13. The Kier molecular flexibility index (Phi) is 3.89. The number of aliphatic hydroxyl groups excluding tert-OH is 1. The second-order valence-corrected chi connectivity index (χ2v) is 7.15. The molecular weight excluding hydrogens is 334 g/mol. The number of aryl methyl sites for hydroxylation is 3. The summed E-state index contributed by atoms with van der Waals surface area (Å²) in [5, 5.41) is 9.09. The number of pyridine rings is 2. The first-order valence-corrected chi connectivity index (χ1v) is 8.99. The van der Waals surface area contributed by atoms with Crippen LogP contribution in [0.3, 0.4) is 0 Å². The second kappa shape index (κ2) is 6.09. The fourth-order valence-electron chi connectivity index (χ4n) is 3.07. The quantitative estimate of drug-likeness (QED) is 0.588.